The summed E-state index contributed by atoms with van der Waals surface area (Å²) >= 11 is 12.6. The maximum Gasteiger partial charge on any atom is 0.225 e. The second-order valence-electron chi connectivity index (χ2n) is 9.77. The van der Waals surface area contributed by atoms with E-state index in [0.29, 0.717) is 33.7 Å². The second kappa shape index (κ2) is 9.46. The van der Waals surface area contributed by atoms with E-state index in [1.807, 2.05) is 25.1 Å². The molecule has 2 aliphatic rings. The van der Waals surface area contributed by atoms with Crippen molar-refractivity contribution in [1.29, 1.82) is 0 Å². The molecule has 190 valence electrons. The number of hydrogen-bond donors (Lipinski definition) is 2. The first kappa shape index (κ1) is 23.9. The summed E-state index contributed by atoms with van der Waals surface area (Å²) in [7, 11) is 0. The molecule has 1 spiro atoms. The Bertz CT molecular complexity index is 1450. The minimum Gasteiger partial charge on any atom is -0.486 e. The normalized spacial score (nSPS) is 17.8. The smallest absolute Gasteiger partial charge is 0.225 e. The van der Waals surface area contributed by atoms with E-state index in [1.54, 1.807) is 24.8 Å². The Labute approximate surface area is 223 Å². The molecule has 3 aromatic heterocycles. The zero-order valence-corrected chi connectivity index (χ0v) is 21.7. The van der Waals surface area contributed by atoms with Crippen LogP contribution in [0.3, 0.4) is 0 Å². The van der Waals surface area contributed by atoms with Crippen molar-refractivity contribution in [3.8, 4) is 17.0 Å². The van der Waals surface area contributed by atoms with Gasteiger partial charge >= 0.3 is 0 Å². The fraction of sp³-hybridized carbons (Fsp3) is 0.346. The van der Waals surface area contributed by atoms with Crippen LogP contribution in [-0.2, 0) is 4.79 Å². The van der Waals surface area contributed by atoms with Gasteiger partial charge in [-0.05, 0) is 43.4 Å². The van der Waals surface area contributed by atoms with E-state index in [-0.39, 0.29) is 17.4 Å². The minimum absolute atomic E-state index is 0.0901. The first-order valence-electron chi connectivity index (χ1n) is 12.2. The van der Waals surface area contributed by atoms with E-state index in [2.05, 4.69) is 35.4 Å². The van der Waals surface area contributed by atoms with Gasteiger partial charge < -0.3 is 15.0 Å². The molecule has 0 radical (unpaired) electrons. The molecule has 1 aromatic carbocycles. The molecule has 0 saturated carbocycles. The van der Waals surface area contributed by atoms with Crippen LogP contribution in [0.25, 0.3) is 22.2 Å². The summed E-state index contributed by atoms with van der Waals surface area (Å²) in [6.45, 7) is 4.34. The predicted octanol–water partition coefficient (Wildman–Crippen LogP) is 4.97. The number of carbonyl (C=O) groups excluding carboxylic acids is 1. The maximum atomic E-state index is 11.7. The third-order valence-electron chi connectivity index (χ3n) is 7.36. The van der Waals surface area contributed by atoms with Gasteiger partial charge in [0, 0.05) is 67.4 Å². The number of H-pyrrole nitrogens is 1. The van der Waals surface area contributed by atoms with E-state index in [1.165, 1.54) is 0 Å². The first-order valence-corrected chi connectivity index (χ1v) is 12.9. The van der Waals surface area contributed by atoms with Gasteiger partial charge in [0.1, 0.15) is 17.5 Å². The molecule has 1 unspecified atom stereocenters. The highest BCUT2D eigenvalue weighted by atomic mass is 35.5. The van der Waals surface area contributed by atoms with E-state index >= 15 is 0 Å². The van der Waals surface area contributed by atoms with E-state index in [9.17, 15) is 4.79 Å². The summed E-state index contributed by atoms with van der Waals surface area (Å²) in [6, 6.07) is 5.73. The summed E-state index contributed by atoms with van der Waals surface area (Å²) in [5, 5.41) is 12.4. The Balaban J connectivity index is 1.19. The van der Waals surface area contributed by atoms with Gasteiger partial charge in [-0.3, -0.25) is 14.9 Å². The van der Waals surface area contributed by atoms with Crippen molar-refractivity contribution >= 4 is 46.0 Å². The number of pyridine rings is 1. The van der Waals surface area contributed by atoms with Crippen LogP contribution in [0.4, 0.5) is 5.95 Å². The standard InChI is InChI=1S/C26H25Cl2N7O2/c1-15(23-19(27)12-29-13-20(23)28)37-17-2-3-21-18(8-17)24(34-33-21)16-10-30-25(31-11-16)35-6-4-26(5-7-35)9-22(36)32-14-26/h2-3,8,10-13,15H,4-7,9,14H2,1H3,(H,32,36)(H,33,34). The molecule has 2 saturated heterocycles. The Kier molecular flexibility index (Phi) is 6.12. The molecular weight excluding hydrogens is 513 g/mol. The quantitative estimate of drug-likeness (QED) is 0.369. The van der Waals surface area contributed by atoms with Gasteiger partial charge in [0.2, 0.25) is 11.9 Å². The van der Waals surface area contributed by atoms with Crippen LogP contribution in [0.5, 0.6) is 5.75 Å². The topological polar surface area (TPSA) is 109 Å². The van der Waals surface area contributed by atoms with Gasteiger partial charge in [0.25, 0.3) is 0 Å². The number of benzene rings is 1. The van der Waals surface area contributed by atoms with Crippen molar-refractivity contribution in [2.45, 2.75) is 32.3 Å². The summed E-state index contributed by atoms with van der Waals surface area (Å²) in [6.07, 6.45) is 8.87. The average molecular weight is 538 g/mol. The number of carbonyl (C=O) groups is 1. The SMILES string of the molecule is CC(Oc1ccc2[nH]nc(-c3cnc(N4CCC5(CC4)CNC(=O)C5)nc3)c2c1)c1c(Cl)cncc1Cl. The predicted molar refractivity (Wildman–Crippen MR) is 142 cm³/mol. The fourth-order valence-electron chi connectivity index (χ4n) is 5.25. The van der Waals surface area contributed by atoms with Crippen LogP contribution in [0, 0.1) is 5.41 Å². The number of rotatable bonds is 5. The van der Waals surface area contributed by atoms with Crippen molar-refractivity contribution < 1.29 is 9.53 Å². The number of nitrogens with zero attached hydrogens (tertiary/aromatic N) is 5. The summed E-state index contributed by atoms with van der Waals surface area (Å²) in [5.41, 5.74) is 3.20. The zero-order chi connectivity index (χ0) is 25.6. The van der Waals surface area contributed by atoms with Gasteiger partial charge in [0.05, 0.1) is 15.6 Å². The molecule has 2 fully saturated rings. The largest absolute Gasteiger partial charge is 0.486 e. The Morgan fingerprint density at radius 1 is 1.08 bits per heavy atom. The molecule has 2 aliphatic heterocycles. The number of fused-ring (bicyclic) bond motifs is 1. The lowest BCUT2D eigenvalue weighted by Crippen LogP contribution is -2.41. The average Bonchev–Trinajstić information content (AvgIpc) is 3.47. The number of anilines is 1. The van der Waals surface area contributed by atoms with Crippen molar-refractivity contribution in [2.24, 2.45) is 5.41 Å². The molecule has 0 bridgehead atoms. The summed E-state index contributed by atoms with van der Waals surface area (Å²) in [5.74, 6) is 1.51. The van der Waals surface area contributed by atoms with Gasteiger partial charge in [-0.25, -0.2) is 9.97 Å². The van der Waals surface area contributed by atoms with Crippen molar-refractivity contribution in [2.75, 3.05) is 24.5 Å². The van der Waals surface area contributed by atoms with E-state index in [4.69, 9.17) is 27.9 Å². The molecule has 1 atom stereocenters. The molecule has 5 heterocycles. The molecule has 37 heavy (non-hydrogen) atoms. The Hall–Kier alpha value is -3.43. The maximum absolute atomic E-state index is 11.7. The molecule has 0 aliphatic carbocycles. The highest BCUT2D eigenvalue weighted by Gasteiger charge is 2.41. The Morgan fingerprint density at radius 2 is 1.81 bits per heavy atom. The zero-order valence-electron chi connectivity index (χ0n) is 20.2. The number of aromatic amines is 1. The monoisotopic (exact) mass is 537 g/mol. The third-order valence-corrected chi connectivity index (χ3v) is 7.96. The number of nitrogens with one attached hydrogen (secondary N) is 2. The lowest BCUT2D eigenvalue weighted by atomic mass is 9.78. The summed E-state index contributed by atoms with van der Waals surface area (Å²) in [4.78, 5) is 27.2. The van der Waals surface area contributed by atoms with E-state index in [0.717, 1.165) is 54.6 Å². The molecule has 4 aromatic rings. The van der Waals surface area contributed by atoms with Gasteiger partial charge in [0.15, 0.2) is 0 Å². The van der Waals surface area contributed by atoms with Crippen LogP contribution in [0.1, 0.15) is 37.9 Å². The molecule has 2 N–H and O–H groups in total. The van der Waals surface area contributed by atoms with Crippen LogP contribution in [-0.4, -0.2) is 50.7 Å². The second-order valence-corrected chi connectivity index (χ2v) is 10.6. The number of aromatic nitrogens is 5. The van der Waals surface area contributed by atoms with Crippen molar-refractivity contribution in [3.05, 3.63) is 58.6 Å². The van der Waals surface area contributed by atoms with Crippen molar-refractivity contribution in [1.82, 2.24) is 30.5 Å². The highest BCUT2D eigenvalue weighted by Crippen LogP contribution is 2.38. The number of amides is 1. The first-order chi connectivity index (χ1) is 17.9. The highest BCUT2D eigenvalue weighted by molar-refractivity contribution is 6.35. The van der Waals surface area contributed by atoms with Crippen LogP contribution in [0.2, 0.25) is 10.0 Å². The number of piperidine rings is 1. The van der Waals surface area contributed by atoms with Crippen LogP contribution < -0.4 is 15.0 Å². The molecule has 6 rings (SSSR count). The van der Waals surface area contributed by atoms with E-state index < -0.39 is 0 Å². The lowest BCUT2D eigenvalue weighted by Gasteiger charge is -2.38. The van der Waals surface area contributed by atoms with Crippen LogP contribution in [0.15, 0.2) is 43.0 Å². The van der Waals surface area contributed by atoms with Crippen molar-refractivity contribution in [3.63, 3.8) is 0 Å². The molecule has 1 amide bonds. The fourth-order valence-corrected chi connectivity index (χ4v) is 5.92. The van der Waals surface area contributed by atoms with Gasteiger partial charge in [-0.15, -0.1) is 0 Å². The number of halogens is 2. The third kappa shape index (κ3) is 4.57. The van der Waals surface area contributed by atoms with Crippen LogP contribution >= 0.6 is 23.2 Å². The molecule has 9 nitrogen and oxygen atoms in total. The molecular formula is C26H25Cl2N7O2. The number of hydrogen-bond acceptors (Lipinski definition) is 7. The van der Waals surface area contributed by atoms with Gasteiger partial charge in [-0.2, -0.15) is 5.10 Å². The molecule has 11 heteroatoms. The minimum atomic E-state index is -0.375. The lowest BCUT2D eigenvalue weighted by molar-refractivity contribution is -0.119. The Morgan fingerprint density at radius 3 is 2.49 bits per heavy atom. The van der Waals surface area contributed by atoms with Gasteiger partial charge in [-0.1, -0.05) is 23.2 Å². The number of ether oxygens (including phenoxy) is 1. The summed E-state index contributed by atoms with van der Waals surface area (Å²) < 4.78 is 6.17.